The number of nitrogens with zero attached hydrogens (tertiary/aromatic N) is 3. The maximum atomic E-state index is 12.4. The van der Waals surface area contributed by atoms with Crippen molar-refractivity contribution in [2.45, 2.75) is 31.4 Å². The highest BCUT2D eigenvalue weighted by Crippen LogP contribution is 2.35. The number of nitrogens with one attached hydrogen (secondary N) is 1. The molecule has 1 fully saturated rings. The maximum absolute atomic E-state index is 12.4. The van der Waals surface area contributed by atoms with E-state index in [4.69, 9.17) is 0 Å². The van der Waals surface area contributed by atoms with Gasteiger partial charge < -0.3 is 9.88 Å². The van der Waals surface area contributed by atoms with Gasteiger partial charge in [0.1, 0.15) is 0 Å². The molecule has 0 spiro atoms. The minimum Gasteiger partial charge on any atom is -0.360 e. The molecule has 0 aliphatic carbocycles. The predicted octanol–water partition coefficient (Wildman–Crippen LogP) is 3.77. The molecular weight excluding hydrogens is 345 g/mol. The highest BCUT2D eigenvalue weighted by atomic mass is 19.4. The van der Waals surface area contributed by atoms with Gasteiger partial charge in [0.05, 0.1) is 18.1 Å². The first-order valence-electron chi connectivity index (χ1n) is 8.47. The quantitative estimate of drug-likeness (QED) is 0.772. The van der Waals surface area contributed by atoms with Crippen LogP contribution in [0.25, 0.3) is 21.9 Å². The average molecular weight is 362 g/mol. The predicted molar refractivity (Wildman–Crippen MR) is 90.6 cm³/mol. The molecule has 0 bridgehead atoms. The van der Waals surface area contributed by atoms with Crippen LogP contribution in [-0.2, 0) is 4.79 Å². The molecule has 136 valence electrons. The van der Waals surface area contributed by atoms with E-state index in [9.17, 15) is 18.0 Å². The van der Waals surface area contributed by atoms with Crippen molar-refractivity contribution in [2.24, 2.45) is 0 Å². The fraction of sp³-hybridized carbons (Fsp3) is 0.389. The fourth-order valence-electron chi connectivity index (χ4n) is 3.67. The van der Waals surface area contributed by atoms with Crippen molar-refractivity contribution in [3.8, 4) is 0 Å². The number of amides is 1. The number of pyridine rings is 2. The molecule has 26 heavy (non-hydrogen) atoms. The standard InChI is InChI=1S/C18H17F3N4O/c19-18(20,21)5-1-15(26)25-8-4-11(10-25)12-2-6-22-14-9-24-17-13(16(12)14)3-7-23-17/h2-3,6-7,9,11,22H,1,4-5,8,10H2. The minimum atomic E-state index is -4.30. The zero-order chi connectivity index (χ0) is 18.3. The number of hydrogen-bond donors (Lipinski definition) is 1. The number of aromatic amines is 1. The monoisotopic (exact) mass is 362 g/mol. The van der Waals surface area contributed by atoms with Crippen molar-refractivity contribution >= 4 is 27.8 Å². The zero-order valence-corrected chi connectivity index (χ0v) is 13.9. The van der Waals surface area contributed by atoms with Crippen LogP contribution in [0.3, 0.4) is 0 Å². The summed E-state index contributed by atoms with van der Waals surface area (Å²) in [5.41, 5.74) is 2.62. The van der Waals surface area contributed by atoms with Crippen LogP contribution in [0.4, 0.5) is 13.2 Å². The number of carbonyl (C=O) groups excluding carboxylic acids is 1. The Labute approximate surface area is 147 Å². The molecule has 4 rings (SSSR count). The molecule has 1 aliphatic rings. The molecule has 0 radical (unpaired) electrons. The Kier molecular flexibility index (Phi) is 4.05. The number of carbonyl (C=O) groups is 1. The molecule has 0 saturated carbocycles. The van der Waals surface area contributed by atoms with Crippen LogP contribution < -0.4 is 0 Å². The van der Waals surface area contributed by atoms with Gasteiger partial charge >= 0.3 is 6.18 Å². The van der Waals surface area contributed by atoms with E-state index < -0.39 is 24.9 Å². The Bertz CT molecular complexity index is 966. The molecule has 1 N–H and O–H groups in total. The third kappa shape index (κ3) is 3.11. The van der Waals surface area contributed by atoms with E-state index in [0.717, 1.165) is 28.3 Å². The van der Waals surface area contributed by atoms with Crippen LogP contribution in [0, 0.1) is 0 Å². The van der Waals surface area contributed by atoms with Gasteiger partial charge in [0.2, 0.25) is 5.91 Å². The van der Waals surface area contributed by atoms with Gasteiger partial charge in [-0.25, -0.2) is 9.97 Å². The van der Waals surface area contributed by atoms with Crippen molar-refractivity contribution in [2.75, 3.05) is 13.1 Å². The SMILES string of the molecule is O=C(CCC(F)(F)F)N1CCC(c2cc[nH]c3cnc4nccc4c23)C1. The van der Waals surface area contributed by atoms with E-state index >= 15 is 0 Å². The third-order valence-electron chi connectivity index (χ3n) is 4.93. The van der Waals surface area contributed by atoms with Gasteiger partial charge in [0.15, 0.2) is 5.65 Å². The molecule has 1 aliphatic heterocycles. The van der Waals surface area contributed by atoms with E-state index in [0.29, 0.717) is 18.7 Å². The summed E-state index contributed by atoms with van der Waals surface area (Å²) < 4.78 is 37.1. The fourth-order valence-corrected chi connectivity index (χ4v) is 3.67. The summed E-state index contributed by atoms with van der Waals surface area (Å²) in [4.78, 5) is 25.4. The summed E-state index contributed by atoms with van der Waals surface area (Å²) in [6, 6.07) is 3.88. The number of fused-ring (bicyclic) bond motifs is 3. The highest BCUT2D eigenvalue weighted by molar-refractivity contribution is 6.05. The van der Waals surface area contributed by atoms with E-state index in [2.05, 4.69) is 15.0 Å². The van der Waals surface area contributed by atoms with Gasteiger partial charge in [-0.3, -0.25) is 4.79 Å². The number of H-pyrrole nitrogens is 1. The summed E-state index contributed by atoms with van der Waals surface area (Å²) >= 11 is 0. The summed E-state index contributed by atoms with van der Waals surface area (Å²) in [5, 5.41) is 1.96. The van der Waals surface area contributed by atoms with Gasteiger partial charge in [-0.15, -0.1) is 0 Å². The Morgan fingerprint density at radius 1 is 1.31 bits per heavy atom. The van der Waals surface area contributed by atoms with Gasteiger partial charge in [-0.2, -0.15) is 13.2 Å². The smallest absolute Gasteiger partial charge is 0.360 e. The number of halogens is 3. The second kappa shape index (κ2) is 6.26. The lowest BCUT2D eigenvalue weighted by Crippen LogP contribution is -2.29. The van der Waals surface area contributed by atoms with E-state index in [1.54, 1.807) is 17.3 Å². The van der Waals surface area contributed by atoms with Crippen molar-refractivity contribution in [1.29, 1.82) is 0 Å². The number of aromatic nitrogens is 3. The summed E-state index contributed by atoms with van der Waals surface area (Å²) in [7, 11) is 0. The van der Waals surface area contributed by atoms with Crippen molar-refractivity contribution < 1.29 is 18.0 Å². The largest absolute Gasteiger partial charge is 0.389 e. The molecule has 3 aromatic heterocycles. The van der Waals surface area contributed by atoms with Crippen LogP contribution in [0.5, 0.6) is 0 Å². The lowest BCUT2D eigenvalue weighted by molar-refractivity contribution is -0.148. The van der Waals surface area contributed by atoms with E-state index in [-0.39, 0.29) is 5.92 Å². The Morgan fingerprint density at radius 3 is 2.96 bits per heavy atom. The molecule has 0 aromatic carbocycles. The van der Waals surface area contributed by atoms with Gasteiger partial charge in [0, 0.05) is 48.6 Å². The van der Waals surface area contributed by atoms with Crippen molar-refractivity contribution in [3.05, 3.63) is 36.3 Å². The molecule has 5 nitrogen and oxygen atoms in total. The number of rotatable bonds is 3. The molecule has 4 heterocycles. The number of likely N-dealkylation sites (tertiary alicyclic amines) is 1. The van der Waals surface area contributed by atoms with Gasteiger partial charge in [0.25, 0.3) is 0 Å². The van der Waals surface area contributed by atoms with Crippen molar-refractivity contribution in [3.63, 3.8) is 0 Å². The van der Waals surface area contributed by atoms with E-state index in [1.165, 1.54) is 0 Å². The molecule has 1 amide bonds. The Morgan fingerprint density at radius 2 is 2.15 bits per heavy atom. The summed E-state index contributed by atoms with van der Waals surface area (Å²) in [6.45, 7) is 0.919. The van der Waals surface area contributed by atoms with Crippen molar-refractivity contribution in [1.82, 2.24) is 19.9 Å². The second-order valence-electron chi connectivity index (χ2n) is 6.60. The summed E-state index contributed by atoms with van der Waals surface area (Å²) in [6.07, 6.45) is 0.140. The molecular formula is C18H17F3N4O. The lowest BCUT2D eigenvalue weighted by Gasteiger charge is -2.18. The van der Waals surface area contributed by atoms with Crippen LogP contribution in [-0.4, -0.2) is 45.0 Å². The molecule has 1 unspecified atom stereocenters. The van der Waals surface area contributed by atoms with E-state index in [1.807, 2.05) is 18.3 Å². The topological polar surface area (TPSA) is 61.9 Å². The van der Waals surface area contributed by atoms with Crippen LogP contribution in [0.15, 0.2) is 30.7 Å². The van der Waals surface area contributed by atoms with Gasteiger partial charge in [-0.05, 0) is 24.1 Å². The first-order valence-corrected chi connectivity index (χ1v) is 8.47. The Hall–Kier alpha value is -2.64. The molecule has 3 aromatic rings. The zero-order valence-electron chi connectivity index (χ0n) is 13.9. The normalized spacial score (nSPS) is 18.1. The maximum Gasteiger partial charge on any atom is 0.389 e. The first kappa shape index (κ1) is 16.8. The minimum absolute atomic E-state index is 0.0856. The first-order chi connectivity index (χ1) is 12.4. The number of alkyl halides is 3. The van der Waals surface area contributed by atoms with Crippen LogP contribution in [0.2, 0.25) is 0 Å². The molecule has 8 heteroatoms. The molecule has 1 atom stereocenters. The second-order valence-corrected chi connectivity index (χ2v) is 6.60. The van der Waals surface area contributed by atoms with Gasteiger partial charge in [-0.1, -0.05) is 0 Å². The molecule has 1 saturated heterocycles. The van der Waals surface area contributed by atoms with Crippen LogP contribution in [0.1, 0.15) is 30.7 Å². The lowest BCUT2D eigenvalue weighted by atomic mass is 9.94. The highest BCUT2D eigenvalue weighted by Gasteiger charge is 2.32. The van der Waals surface area contributed by atoms with Crippen LogP contribution >= 0.6 is 0 Å². The number of hydrogen-bond acceptors (Lipinski definition) is 3. The summed E-state index contributed by atoms with van der Waals surface area (Å²) in [5.74, 6) is -0.346. The average Bonchev–Trinajstić information content (AvgIpc) is 3.27. The third-order valence-corrected chi connectivity index (χ3v) is 4.93. The Balaban J connectivity index is 1.59.